The maximum atomic E-state index is 9.24. The number of carboxylic acid groups (broad SMARTS) is 1. The lowest BCUT2D eigenvalue weighted by atomic mass is 10.4. The van der Waals surface area contributed by atoms with E-state index in [0.717, 1.165) is 0 Å². The number of aliphatic carboxylic acids is 1. The molecular formula is C9H11NO2. The molecule has 0 spiro atoms. The molecule has 1 aromatic rings. The summed E-state index contributed by atoms with van der Waals surface area (Å²) in [6, 6.07) is 8.53. The van der Waals surface area contributed by atoms with E-state index in [1.165, 1.54) is 17.5 Å². The normalized spacial score (nSPS) is 10.8. The zero-order valence-corrected chi connectivity index (χ0v) is 6.66. The van der Waals surface area contributed by atoms with Crippen LogP contribution in [0.1, 0.15) is 11.1 Å². The van der Waals surface area contributed by atoms with Gasteiger partial charge >= 0.3 is 5.97 Å². The Morgan fingerprint density at radius 1 is 1.42 bits per heavy atom. The van der Waals surface area contributed by atoms with Crippen LogP contribution in [-0.2, 0) is 11.2 Å². The summed E-state index contributed by atoms with van der Waals surface area (Å²) in [7, 11) is 0. The summed E-state index contributed by atoms with van der Waals surface area (Å²) in [6.07, 6.45) is 1.24. The average molecular weight is 165 g/mol. The number of nitrogens with two attached hydrogens (primary N) is 1. The summed E-state index contributed by atoms with van der Waals surface area (Å²) in [4.78, 5) is 9.24. The van der Waals surface area contributed by atoms with Gasteiger partial charge in [-0.25, -0.2) is 0 Å². The van der Waals surface area contributed by atoms with E-state index >= 15 is 0 Å². The number of carbonyl (C=O) groups is 1. The Kier molecular flexibility index (Phi) is 2.82. The van der Waals surface area contributed by atoms with Crippen LogP contribution in [0.15, 0.2) is 24.3 Å². The fraction of sp³-hybridized carbons (Fsp3) is 0.222. The first-order valence-electron chi connectivity index (χ1n) is 3.72. The topological polar surface area (TPSA) is 63.3 Å². The maximum Gasteiger partial charge on any atom is 0.317 e. The molecule has 0 bridgehead atoms. The molecular weight excluding hydrogens is 154 g/mol. The van der Waals surface area contributed by atoms with E-state index in [0.29, 0.717) is 0 Å². The smallest absolute Gasteiger partial charge is 0.317 e. The van der Waals surface area contributed by atoms with Crippen LogP contribution in [0.2, 0.25) is 0 Å². The third-order valence-electron chi connectivity index (χ3n) is 1.55. The molecule has 1 aromatic carbocycles. The number of hydrogen-bond acceptors (Lipinski definition) is 2. The lowest BCUT2D eigenvalue weighted by Crippen LogP contribution is -2.10. The van der Waals surface area contributed by atoms with Crippen LogP contribution in [0, 0.1) is 0 Å². The summed E-state index contributed by atoms with van der Waals surface area (Å²) in [5.74, 6) is -0.968. The van der Waals surface area contributed by atoms with Crippen molar-refractivity contribution in [2.45, 2.75) is 6.42 Å². The molecule has 0 saturated heterocycles. The van der Waals surface area contributed by atoms with Gasteiger partial charge in [0.05, 0.1) is 6.54 Å². The fourth-order valence-electron chi connectivity index (χ4n) is 0.836. The number of fused-ring (bicyclic) bond motifs is 1. The molecule has 1 aliphatic rings. The van der Waals surface area contributed by atoms with Crippen molar-refractivity contribution >= 4 is 5.97 Å². The molecule has 3 heteroatoms. The number of benzene rings is 1. The van der Waals surface area contributed by atoms with Gasteiger partial charge in [-0.15, -0.1) is 0 Å². The van der Waals surface area contributed by atoms with Crippen LogP contribution in [-0.4, -0.2) is 17.6 Å². The largest absolute Gasteiger partial charge is 0.480 e. The lowest BCUT2D eigenvalue weighted by molar-refractivity contribution is -0.135. The van der Waals surface area contributed by atoms with Crippen LogP contribution in [0.5, 0.6) is 0 Å². The lowest BCUT2D eigenvalue weighted by Gasteiger charge is -1.73. The van der Waals surface area contributed by atoms with Crippen molar-refractivity contribution < 1.29 is 9.90 Å². The van der Waals surface area contributed by atoms with Gasteiger partial charge in [-0.1, -0.05) is 24.3 Å². The summed E-state index contributed by atoms with van der Waals surface area (Å²) < 4.78 is 0. The molecule has 0 aromatic heterocycles. The standard InChI is InChI=1S/C7H6.C2H5NO2/c1-2-4-7-5-6(7)3-1;3-1-2(4)5/h1-4H,5H2;1,3H2,(H,4,5). The SMILES string of the molecule is NCC(=O)O.c1ccc2c(c1)C2. The van der Waals surface area contributed by atoms with Crippen molar-refractivity contribution in [2.24, 2.45) is 5.73 Å². The van der Waals surface area contributed by atoms with Crippen molar-refractivity contribution in [3.63, 3.8) is 0 Å². The first-order valence-corrected chi connectivity index (χ1v) is 3.72. The molecule has 0 fully saturated rings. The zero-order chi connectivity index (χ0) is 8.97. The van der Waals surface area contributed by atoms with Crippen LogP contribution in [0.25, 0.3) is 0 Å². The molecule has 64 valence electrons. The second-order valence-electron chi connectivity index (χ2n) is 2.54. The predicted molar refractivity (Wildman–Crippen MR) is 45.9 cm³/mol. The number of hydrogen-bond donors (Lipinski definition) is 2. The van der Waals surface area contributed by atoms with Crippen LogP contribution < -0.4 is 5.73 Å². The molecule has 0 radical (unpaired) electrons. The van der Waals surface area contributed by atoms with Crippen LogP contribution in [0.3, 0.4) is 0 Å². The van der Waals surface area contributed by atoms with E-state index in [2.05, 4.69) is 30.0 Å². The second kappa shape index (κ2) is 3.88. The Labute approximate surface area is 70.8 Å². The fourth-order valence-corrected chi connectivity index (χ4v) is 0.836. The summed E-state index contributed by atoms with van der Waals surface area (Å²) in [6.45, 7) is -0.278. The molecule has 12 heavy (non-hydrogen) atoms. The second-order valence-corrected chi connectivity index (χ2v) is 2.54. The van der Waals surface area contributed by atoms with Crippen molar-refractivity contribution in [2.75, 3.05) is 6.54 Å². The highest BCUT2D eigenvalue weighted by molar-refractivity contribution is 5.68. The van der Waals surface area contributed by atoms with Gasteiger partial charge in [0.15, 0.2) is 0 Å². The van der Waals surface area contributed by atoms with E-state index in [-0.39, 0.29) is 6.54 Å². The highest BCUT2D eigenvalue weighted by Gasteiger charge is 2.12. The summed E-state index contributed by atoms with van der Waals surface area (Å²) in [5.41, 5.74) is 7.63. The van der Waals surface area contributed by atoms with Crippen LogP contribution in [0.4, 0.5) is 0 Å². The maximum absolute atomic E-state index is 9.24. The minimum atomic E-state index is -0.968. The predicted octanol–water partition coefficient (Wildman–Crippen LogP) is 0.620. The van der Waals surface area contributed by atoms with Gasteiger partial charge in [0.2, 0.25) is 0 Å². The van der Waals surface area contributed by atoms with E-state index in [4.69, 9.17) is 5.11 Å². The van der Waals surface area contributed by atoms with Crippen LogP contribution >= 0.6 is 0 Å². The highest BCUT2D eigenvalue weighted by Crippen LogP contribution is 2.25. The van der Waals surface area contributed by atoms with Gasteiger partial charge in [0.25, 0.3) is 0 Å². The Bertz CT molecular complexity index is 263. The van der Waals surface area contributed by atoms with Gasteiger partial charge in [-0.3, -0.25) is 4.79 Å². The van der Waals surface area contributed by atoms with Crippen molar-refractivity contribution in [1.29, 1.82) is 0 Å². The zero-order valence-electron chi connectivity index (χ0n) is 6.66. The van der Waals surface area contributed by atoms with E-state index < -0.39 is 5.97 Å². The van der Waals surface area contributed by atoms with Crippen molar-refractivity contribution in [1.82, 2.24) is 0 Å². The molecule has 0 atom stereocenters. The monoisotopic (exact) mass is 165 g/mol. The van der Waals surface area contributed by atoms with Gasteiger partial charge < -0.3 is 10.8 Å². The number of rotatable bonds is 1. The molecule has 0 saturated carbocycles. The Hall–Kier alpha value is -1.35. The Balaban J connectivity index is 0.000000130. The van der Waals surface area contributed by atoms with E-state index in [1.807, 2.05) is 0 Å². The molecule has 0 amide bonds. The molecule has 1 aliphatic carbocycles. The molecule has 2 rings (SSSR count). The van der Waals surface area contributed by atoms with Crippen molar-refractivity contribution in [3.8, 4) is 0 Å². The average Bonchev–Trinajstić information content (AvgIpc) is 2.83. The van der Waals surface area contributed by atoms with Gasteiger partial charge in [0, 0.05) is 0 Å². The highest BCUT2D eigenvalue weighted by atomic mass is 16.4. The molecule has 0 aliphatic heterocycles. The third-order valence-corrected chi connectivity index (χ3v) is 1.55. The molecule has 3 nitrogen and oxygen atoms in total. The first-order chi connectivity index (χ1) is 5.74. The van der Waals surface area contributed by atoms with Crippen molar-refractivity contribution in [3.05, 3.63) is 35.4 Å². The van der Waals surface area contributed by atoms with Gasteiger partial charge in [-0.2, -0.15) is 0 Å². The minimum Gasteiger partial charge on any atom is -0.480 e. The van der Waals surface area contributed by atoms with E-state index in [1.54, 1.807) is 0 Å². The van der Waals surface area contributed by atoms with Gasteiger partial charge in [0.1, 0.15) is 0 Å². The third kappa shape index (κ3) is 2.72. The number of carboxylic acids is 1. The minimum absolute atomic E-state index is 0.278. The summed E-state index contributed by atoms with van der Waals surface area (Å²) >= 11 is 0. The molecule has 0 unspecified atom stereocenters. The van der Waals surface area contributed by atoms with Gasteiger partial charge in [-0.05, 0) is 17.5 Å². The quantitative estimate of drug-likeness (QED) is 0.651. The molecule has 3 N–H and O–H groups in total. The Morgan fingerprint density at radius 2 is 1.83 bits per heavy atom. The van der Waals surface area contributed by atoms with E-state index in [9.17, 15) is 4.79 Å². The Morgan fingerprint density at radius 3 is 2.08 bits per heavy atom. The summed E-state index contributed by atoms with van der Waals surface area (Å²) in [5, 5.41) is 7.60. The first kappa shape index (κ1) is 8.74. The molecule has 0 heterocycles.